The van der Waals surface area contributed by atoms with E-state index in [9.17, 15) is 14.4 Å². The summed E-state index contributed by atoms with van der Waals surface area (Å²) in [7, 11) is 0. The third-order valence-electron chi connectivity index (χ3n) is 5.70. The van der Waals surface area contributed by atoms with Crippen LogP contribution in [0.4, 0.5) is 4.39 Å². The van der Waals surface area contributed by atoms with E-state index in [2.05, 4.69) is 22.0 Å². The van der Waals surface area contributed by atoms with Crippen LogP contribution in [0.3, 0.4) is 0 Å². The van der Waals surface area contributed by atoms with Gasteiger partial charge in [-0.15, -0.1) is 0 Å². The molecule has 0 radical (unpaired) electrons. The van der Waals surface area contributed by atoms with Crippen molar-refractivity contribution in [1.29, 1.82) is 5.26 Å². The molecular weight excluding hydrogens is 475 g/mol. The fourth-order valence-corrected chi connectivity index (χ4v) is 4.62. The number of nitrogens with two attached hydrogens (primary N) is 1. The van der Waals surface area contributed by atoms with Gasteiger partial charge in [0.05, 0.1) is 5.92 Å². The number of hydrogen-bond acceptors (Lipinski definition) is 5. The van der Waals surface area contributed by atoms with Gasteiger partial charge in [0.2, 0.25) is 5.88 Å². The van der Waals surface area contributed by atoms with Crippen LogP contribution in [0.2, 0.25) is 0 Å². The molecule has 0 spiro atoms. The minimum absolute atomic E-state index is 0.00150. The van der Waals surface area contributed by atoms with E-state index in [0.29, 0.717) is 41.1 Å². The lowest BCUT2D eigenvalue weighted by Gasteiger charge is -2.37. The molecule has 0 bridgehead atoms. The first-order chi connectivity index (χ1) is 15.2. The summed E-state index contributed by atoms with van der Waals surface area (Å²) in [6.45, 7) is 3.99. The number of hydrogen-bond donors (Lipinski definition) is 1. The van der Waals surface area contributed by atoms with Crippen molar-refractivity contribution >= 4 is 21.7 Å². The molecule has 4 rings (SSSR count). The van der Waals surface area contributed by atoms with E-state index in [1.807, 2.05) is 13.8 Å². The molecule has 2 aromatic carbocycles. The van der Waals surface area contributed by atoms with Gasteiger partial charge < -0.3 is 15.2 Å². The molecule has 1 aliphatic heterocycles. The van der Waals surface area contributed by atoms with Crippen molar-refractivity contribution in [3.05, 3.63) is 86.7 Å². The van der Waals surface area contributed by atoms with Gasteiger partial charge in [0, 0.05) is 34.0 Å². The highest BCUT2D eigenvalue weighted by atomic mass is 79.9. The van der Waals surface area contributed by atoms with Gasteiger partial charge in [0.15, 0.2) is 5.78 Å². The van der Waals surface area contributed by atoms with Gasteiger partial charge in [-0.05, 0) is 29.7 Å². The van der Waals surface area contributed by atoms with Gasteiger partial charge in [-0.1, -0.05) is 48.0 Å². The van der Waals surface area contributed by atoms with Crippen LogP contribution in [0.15, 0.2) is 69.7 Å². The maximum Gasteiger partial charge on any atom is 0.205 e. The second kappa shape index (κ2) is 8.44. The first-order valence-electron chi connectivity index (χ1n) is 10.2. The average Bonchev–Trinajstić information content (AvgIpc) is 2.72. The Kier molecular flexibility index (Phi) is 5.83. The third-order valence-corrected chi connectivity index (χ3v) is 6.19. The summed E-state index contributed by atoms with van der Waals surface area (Å²) in [5.41, 5.74) is 7.44. The molecule has 0 saturated heterocycles. The highest BCUT2D eigenvalue weighted by molar-refractivity contribution is 9.10. The Bertz CT molecular complexity index is 1210. The van der Waals surface area contributed by atoms with E-state index < -0.39 is 5.92 Å². The molecule has 0 saturated carbocycles. The molecule has 7 heteroatoms. The molecule has 2 aliphatic rings. The van der Waals surface area contributed by atoms with Crippen LogP contribution >= 0.6 is 15.9 Å². The number of ketones is 1. The molecule has 2 N–H and O–H groups in total. The van der Waals surface area contributed by atoms with Gasteiger partial charge in [0.1, 0.15) is 35.6 Å². The second-order valence-electron chi connectivity index (χ2n) is 8.76. The number of rotatable bonds is 4. The highest BCUT2D eigenvalue weighted by Gasteiger charge is 2.43. The topological polar surface area (TPSA) is 85.3 Å². The summed E-state index contributed by atoms with van der Waals surface area (Å²) < 4.78 is 26.6. The number of allylic oxidation sites excluding steroid dienone is 3. The molecule has 164 valence electrons. The third kappa shape index (κ3) is 4.15. The number of nitriles is 1. The number of nitrogens with zero attached hydrogens (tertiary/aromatic N) is 1. The van der Waals surface area contributed by atoms with Crippen molar-refractivity contribution in [2.75, 3.05) is 0 Å². The summed E-state index contributed by atoms with van der Waals surface area (Å²) in [4.78, 5) is 13.2. The van der Waals surface area contributed by atoms with Gasteiger partial charge in [-0.25, -0.2) is 4.39 Å². The molecule has 0 amide bonds. The van der Waals surface area contributed by atoms with Crippen molar-refractivity contribution in [1.82, 2.24) is 0 Å². The molecule has 0 unspecified atom stereocenters. The molecule has 2 aromatic rings. The van der Waals surface area contributed by atoms with E-state index in [4.69, 9.17) is 15.2 Å². The van der Waals surface area contributed by atoms with E-state index in [1.54, 1.807) is 36.4 Å². The van der Waals surface area contributed by atoms with Crippen molar-refractivity contribution in [3.63, 3.8) is 0 Å². The fourth-order valence-electron chi connectivity index (χ4n) is 4.24. The highest BCUT2D eigenvalue weighted by Crippen LogP contribution is 2.49. The van der Waals surface area contributed by atoms with Crippen LogP contribution in [0.1, 0.15) is 43.7 Å². The van der Waals surface area contributed by atoms with Crippen LogP contribution in [-0.2, 0) is 16.1 Å². The van der Waals surface area contributed by atoms with Crippen LogP contribution < -0.4 is 10.5 Å². The zero-order chi connectivity index (χ0) is 23.0. The number of benzene rings is 2. The van der Waals surface area contributed by atoms with Crippen LogP contribution in [-0.4, -0.2) is 5.78 Å². The Morgan fingerprint density at radius 2 is 2.03 bits per heavy atom. The van der Waals surface area contributed by atoms with Gasteiger partial charge >= 0.3 is 0 Å². The van der Waals surface area contributed by atoms with Gasteiger partial charge in [-0.3, -0.25) is 4.79 Å². The smallest absolute Gasteiger partial charge is 0.205 e. The zero-order valence-corrected chi connectivity index (χ0v) is 19.3. The lowest BCUT2D eigenvalue weighted by atomic mass is 9.70. The summed E-state index contributed by atoms with van der Waals surface area (Å²) in [6, 6.07) is 13.8. The number of ether oxygens (including phenoxy) is 2. The second-order valence-corrected chi connectivity index (χ2v) is 9.68. The van der Waals surface area contributed by atoms with Crippen LogP contribution in [0, 0.1) is 22.6 Å². The molecule has 32 heavy (non-hydrogen) atoms. The molecule has 1 aliphatic carbocycles. The van der Waals surface area contributed by atoms with Gasteiger partial charge in [0.25, 0.3) is 0 Å². The summed E-state index contributed by atoms with van der Waals surface area (Å²) in [5, 5.41) is 9.87. The molecule has 1 heterocycles. The predicted molar refractivity (Wildman–Crippen MR) is 121 cm³/mol. The van der Waals surface area contributed by atoms with Crippen LogP contribution in [0.25, 0.3) is 0 Å². The number of carbonyl (C=O) groups excluding carboxylic acids is 1. The quantitative estimate of drug-likeness (QED) is 0.593. The number of Topliss-reactive ketones (excluding diaryl/α,β-unsaturated/α-hetero) is 1. The standard InChI is InChI=1S/C25H22BrFN2O3/c1-25(2)10-19(30)23-21(11-25)32-24(29)17(12-28)22(23)16-9-15(26)7-8-20(16)31-13-14-5-3-4-6-18(14)27/h3-9,22H,10-11,13,29H2,1-2H3/t22-/m0/s1. The SMILES string of the molecule is CC1(C)CC(=O)C2=C(C1)OC(N)=C(C#N)[C@@H]2c1cc(Br)ccc1OCc1ccccc1F. The lowest BCUT2D eigenvalue weighted by Crippen LogP contribution is -2.33. The van der Waals surface area contributed by atoms with Crippen molar-refractivity contribution < 1.29 is 18.7 Å². The summed E-state index contributed by atoms with van der Waals surface area (Å²) in [5.74, 6) is -0.251. The zero-order valence-electron chi connectivity index (χ0n) is 17.7. The summed E-state index contributed by atoms with van der Waals surface area (Å²) >= 11 is 3.47. The molecule has 0 aromatic heterocycles. The Labute approximate surface area is 194 Å². The molecular formula is C25H22BrFN2O3. The summed E-state index contributed by atoms with van der Waals surface area (Å²) in [6.07, 6.45) is 0.868. The van der Waals surface area contributed by atoms with Crippen LogP contribution in [0.5, 0.6) is 5.75 Å². The minimum atomic E-state index is -0.722. The average molecular weight is 497 g/mol. The largest absolute Gasteiger partial charge is 0.488 e. The first kappa shape index (κ1) is 22.1. The predicted octanol–water partition coefficient (Wildman–Crippen LogP) is 5.62. The minimum Gasteiger partial charge on any atom is -0.488 e. The van der Waals surface area contributed by atoms with E-state index >= 15 is 0 Å². The van der Waals surface area contributed by atoms with Crippen molar-refractivity contribution in [2.24, 2.45) is 11.1 Å². The molecule has 0 fully saturated rings. The van der Waals surface area contributed by atoms with E-state index in [-0.39, 0.29) is 35.1 Å². The van der Waals surface area contributed by atoms with E-state index in [1.165, 1.54) is 6.07 Å². The van der Waals surface area contributed by atoms with E-state index in [0.717, 1.165) is 4.47 Å². The Morgan fingerprint density at radius 3 is 2.75 bits per heavy atom. The first-order valence-corrected chi connectivity index (χ1v) is 11.0. The fraction of sp³-hybridized carbons (Fsp3) is 0.280. The number of halogens is 2. The Hall–Kier alpha value is -3.11. The maximum atomic E-state index is 14.1. The monoisotopic (exact) mass is 496 g/mol. The van der Waals surface area contributed by atoms with Crippen molar-refractivity contribution in [3.8, 4) is 11.8 Å². The number of carbonyl (C=O) groups is 1. The van der Waals surface area contributed by atoms with Gasteiger partial charge in [-0.2, -0.15) is 5.26 Å². The molecule has 5 nitrogen and oxygen atoms in total. The Morgan fingerprint density at radius 1 is 1.28 bits per heavy atom. The normalized spacial score (nSPS) is 19.8. The maximum absolute atomic E-state index is 14.1. The van der Waals surface area contributed by atoms with Crippen molar-refractivity contribution in [2.45, 2.75) is 39.2 Å². The molecule has 1 atom stereocenters. The Balaban J connectivity index is 1.81. The lowest BCUT2D eigenvalue weighted by molar-refractivity contribution is -0.119.